The number of methoxy groups -OCH3 is 1. The lowest BCUT2D eigenvalue weighted by molar-refractivity contribution is 0.414. The van der Waals surface area contributed by atoms with Crippen molar-refractivity contribution in [1.82, 2.24) is 0 Å². The molecular formula is C15H11FO. The van der Waals surface area contributed by atoms with E-state index in [1.54, 1.807) is 43.5 Å². The van der Waals surface area contributed by atoms with Gasteiger partial charge < -0.3 is 4.74 Å². The molecule has 84 valence electrons. The Hall–Kier alpha value is -2.27. The predicted octanol–water partition coefficient (Wildman–Crippen LogP) is 3.48. The molecule has 2 aromatic carbocycles. The van der Waals surface area contributed by atoms with Gasteiger partial charge in [0.1, 0.15) is 11.6 Å². The lowest BCUT2D eigenvalue weighted by Crippen LogP contribution is -1.88. The SMILES string of the molecule is C#Cc1ccc(-c2cc(OC)ccc2F)cc1. The molecule has 0 heterocycles. The molecule has 1 nitrogen and oxygen atoms in total. The van der Waals surface area contributed by atoms with Crippen LogP contribution in [0, 0.1) is 18.2 Å². The summed E-state index contributed by atoms with van der Waals surface area (Å²) in [5.74, 6) is 2.87. The first kappa shape index (κ1) is 11.2. The molecule has 0 aliphatic heterocycles. The van der Waals surface area contributed by atoms with Gasteiger partial charge in [0.2, 0.25) is 0 Å². The van der Waals surface area contributed by atoms with Crippen LogP contribution in [-0.2, 0) is 0 Å². The van der Waals surface area contributed by atoms with Crippen molar-refractivity contribution in [2.24, 2.45) is 0 Å². The van der Waals surface area contributed by atoms with Crippen LogP contribution in [0.4, 0.5) is 4.39 Å². The molecule has 0 amide bonds. The van der Waals surface area contributed by atoms with E-state index in [4.69, 9.17) is 11.2 Å². The van der Waals surface area contributed by atoms with Crippen LogP contribution in [-0.4, -0.2) is 7.11 Å². The summed E-state index contributed by atoms with van der Waals surface area (Å²) in [4.78, 5) is 0. The van der Waals surface area contributed by atoms with Crippen LogP contribution in [0.25, 0.3) is 11.1 Å². The first-order valence-corrected chi connectivity index (χ1v) is 5.15. The third kappa shape index (κ3) is 2.29. The third-order valence-corrected chi connectivity index (χ3v) is 2.54. The number of ether oxygens (including phenoxy) is 1. The Bertz CT molecular complexity index is 564. The first-order valence-electron chi connectivity index (χ1n) is 5.15. The second-order valence-electron chi connectivity index (χ2n) is 3.57. The Labute approximate surface area is 99.9 Å². The average Bonchev–Trinajstić information content (AvgIpc) is 2.39. The van der Waals surface area contributed by atoms with Crippen molar-refractivity contribution in [3.63, 3.8) is 0 Å². The summed E-state index contributed by atoms with van der Waals surface area (Å²) in [6, 6.07) is 11.8. The van der Waals surface area contributed by atoms with E-state index in [1.807, 2.05) is 0 Å². The second-order valence-corrected chi connectivity index (χ2v) is 3.57. The lowest BCUT2D eigenvalue weighted by Gasteiger charge is -2.06. The summed E-state index contributed by atoms with van der Waals surface area (Å²) in [5, 5.41) is 0. The topological polar surface area (TPSA) is 9.23 Å². The minimum atomic E-state index is -0.278. The molecule has 0 unspecified atom stereocenters. The molecule has 0 atom stereocenters. The summed E-state index contributed by atoms with van der Waals surface area (Å²) in [7, 11) is 1.55. The van der Waals surface area contributed by atoms with Crippen LogP contribution in [0.2, 0.25) is 0 Å². The summed E-state index contributed by atoms with van der Waals surface area (Å²) >= 11 is 0. The van der Waals surface area contributed by atoms with Gasteiger partial charge in [0.05, 0.1) is 7.11 Å². The molecule has 17 heavy (non-hydrogen) atoms. The summed E-state index contributed by atoms with van der Waals surface area (Å²) in [5.41, 5.74) is 2.06. The maximum atomic E-state index is 13.7. The Morgan fingerprint density at radius 2 is 1.82 bits per heavy atom. The van der Waals surface area contributed by atoms with Crippen molar-refractivity contribution in [1.29, 1.82) is 0 Å². The quantitative estimate of drug-likeness (QED) is 0.712. The van der Waals surface area contributed by atoms with Crippen LogP contribution >= 0.6 is 0 Å². The van der Waals surface area contributed by atoms with Crippen LogP contribution in [0.15, 0.2) is 42.5 Å². The Morgan fingerprint density at radius 1 is 1.12 bits per heavy atom. The van der Waals surface area contributed by atoms with E-state index in [1.165, 1.54) is 6.07 Å². The van der Waals surface area contributed by atoms with Crippen LogP contribution in [0.1, 0.15) is 5.56 Å². The normalized spacial score (nSPS) is 9.71. The number of hydrogen-bond acceptors (Lipinski definition) is 1. The molecule has 0 spiro atoms. The van der Waals surface area contributed by atoms with Crippen molar-refractivity contribution in [2.75, 3.05) is 7.11 Å². The van der Waals surface area contributed by atoms with E-state index in [9.17, 15) is 4.39 Å². The molecule has 0 bridgehead atoms. The van der Waals surface area contributed by atoms with Crippen LogP contribution in [0.5, 0.6) is 5.75 Å². The number of hydrogen-bond donors (Lipinski definition) is 0. The lowest BCUT2D eigenvalue weighted by atomic mass is 10.0. The predicted molar refractivity (Wildman–Crippen MR) is 66.3 cm³/mol. The van der Waals surface area contributed by atoms with Crippen molar-refractivity contribution in [2.45, 2.75) is 0 Å². The highest BCUT2D eigenvalue weighted by atomic mass is 19.1. The maximum Gasteiger partial charge on any atom is 0.131 e. The molecule has 2 heteroatoms. The Morgan fingerprint density at radius 3 is 2.41 bits per heavy atom. The minimum Gasteiger partial charge on any atom is -0.497 e. The Kier molecular flexibility index (Phi) is 3.11. The maximum absolute atomic E-state index is 13.7. The zero-order valence-electron chi connectivity index (χ0n) is 9.41. The zero-order chi connectivity index (χ0) is 12.3. The van der Waals surface area contributed by atoms with E-state index in [0.717, 1.165) is 11.1 Å². The van der Waals surface area contributed by atoms with Gasteiger partial charge in [-0.2, -0.15) is 0 Å². The van der Waals surface area contributed by atoms with Crippen LogP contribution in [0.3, 0.4) is 0 Å². The molecule has 0 N–H and O–H groups in total. The van der Waals surface area contributed by atoms with E-state index in [0.29, 0.717) is 11.3 Å². The molecule has 0 aliphatic carbocycles. The Balaban J connectivity index is 2.48. The largest absolute Gasteiger partial charge is 0.497 e. The summed E-state index contributed by atoms with van der Waals surface area (Å²) in [6.45, 7) is 0. The van der Waals surface area contributed by atoms with Gasteiger partial charge in [0, 0.05) is 11.1 Å². The van der Waals surface area contributed by atoms with E-state index < -0.39 is 0 Å². The molecule has 0 fully saturated rings. The van der Waals surface area contributed by atoms with E-state index in [-0.39, 0.29) is 5.82 Å². The fraction of sp³-hybridized carbons (Fsp3) is 0.0667. The van der Waals surface area contributed by atoms with Gasteiger partial charge in [-0.25, -0.2) is 4.39 Å². The number of halogens is 1. The van der Waals surface area contributed by atoms with Crippen molar-refractivity contribution >= 4 is 0 Å². The van der Waals surface area contributed by atoms with Gasteiger partial charge in [-0.3, -0.25) is 0 Å². The smallest absolute Gasteiger partial charge is 0.131 e. The van der Waals surface area contributed by atoms with Gasteiger partial charge >= 0.3 is 0 Å². The number of rotatable bonds is 2. The van der Waals surface area contributed by atoms with Crippen LogP contribution < -0.4 is 4.74 Å². The van der Waals surface area contributed by atoms with Crippen molar-refractivity contribution in [3.8, 4) is 29.2 Å². The molecule has 0 aromatic heterocycles. The molecule has 2 rings (SSSR count). The molecule has 2 aromatic rings. The average molecular weight is 226 g/mol. The monoisotopic (exact) mass is 226 g/mol. The third-order valence-electron chi connectivity index (χ3n) is 2.54. The minimum absolute atomic E-state index is 0.278. The number of benzene rings is 2. The molecule has 0 radical (unpaired) electrons. The van der Waals surface area contributed by atoms with Gasteiger partial charge in [0.25, 0.3) is 0 Å². The molecule has 0 aliphatic rings. The fourth-order valence-corrected chi connectivity index (χ4v) is 1.60. The molecular weight excluding hydrogens is 215 g/mol. The highest BCUT2D eigenvalue weighted by molar-refractivity contribution is 5.66. The zero-order valence-corrected chi connectivity index (χ0v) is 9.41. The highest BCUT2D eigenvalue weighted by Gasteiger charge is 2.06. The second kappa shape index (κ2) is 4.71. The van der Waals surface area contributed by atoms with Crippen molar-refractivity contribution in [3.05, 3.63) is 53.8 Å². The summed E-state index contributed by atoms with van der Waals surface area (Å²) < 4.78 is 18.8. The standard InChI is InChI=1S/C15H11FO/c1-3-11-4-6-12(7-5-11)14-10-13(17-2)8-9-15(14)16/h1,4-10H,2H3. The summed E-state index contributed by atoms with van der Waals surface area (Å²) in [6.07, 6.45) is 5.27. The fourth-order valence-electron chi connectivity index (χ4n) is 1.60. The van der Waals surface area contributed by atoms with E-state index in [2.05, 4.69) is 5.92 Å². The van der Waals surface area contributed by atoms with Gasteiger partial charge in [0.15, 0.2) is 0 Å². The van der Waals surface area contributed by atoms with Gasteiger partial charge in [-0.05, 0) is 35.9 Å². The van der Waals surface area contributed by atoms with E-state index >= 15 is 0 Å². The molecule has 0 saturated heterocycles. The van der Waals surface area contributed by atoms with Gasteiger partial charge in [-0.1, -0.05) is 18.1 Å². The first-order chi connectivity index (χ1) is 8.24. The van der Waals surface area contributed by atoms with Crippen molar-refractivity contribution < 1.29 is 9.13 Å². The molecule has 0 saturated carbocycles. The number of terminal acetylenes is 1. The highest BCUT2D eigenvalue weighted by Crippen LogP contribution is 2.27. The van der Waals surface area contributed by atoms with Gasteiger partial charge in [-0.15, -0.1) is 6.42 Å².